The lowest BCUT2D eigenvalue weighted by atomic mass is 10.1. The Labute approximate surface area is 145 Å². The summed E-state index contributed by atoms with van der Waals surface area (Å²) >= 11 is 1.27. The van der Waals surface area contributed by atoms with Crippen molar-refractivity contribution in [1.82, 2.24) is 0 Å². The molecule has 24 heavy (non-hydrogen) atoms. The van der Waals surface area contributed by atoms with Crippen LogP contribution in [-0.4, -0.2) is 37.4 Å². The molecule has 1 N–H and O–H groups in total. The molecule has 0 atom stereocenters. The topological polar surface area (TPSA) is 64.6 Å². The average molecular weight is 345 g/mol. The highest BCUT2D eigenvalue weighted by Crippen LogP contribution is 2.23. The van der Waals surface area contributed by atoms with E-state index in [-0.39, 0.29) is 23.2 Å². The first-order valence-electron chi connectivity index (χ1n) is 7.32. The minimum Gasteiger partial charge on any atom is -0.497 e. The molecule has 126 valence electrons. The van der Waals surface area contributed by atoms with Crippen molar-refractivity contribution >= 4 is 29.1 Å². The summed E-state index contributed by atoms with van der Waals surface area (Å²) in [5.41, 5.74) is 1.22. The molecule has 0 aromatic heterocycles. The predicted octanol–water partition coefficient (Wildman–Crippen LogP) is 3.26. The first kappa shape index (κ1) is 17.9. The van der Waals surface area contributed by atoms with Crippen molar-refractivity contribution in [3.8, 4) is 11.5 Å². The Balaban J connectivity index is 1.80. The molecule has 0 saturated carbocycles. The molecule has 5 nitrogen and oxygen atoms in total. The van der Waals surface area contributed by atoms with Gasteiger partial charge in [0.1, 0.15) is 11.5 Å². The van der Waals surface area contributed by atoms with Gasteiger partial charge in [-0.1, -0.05) is 12.1 Å². The number of ketones is 1. The second-order valence-electron chi connectivity index (χ2n) is 4.89. The molecule has 0 heterocycles. The zero-order valence-corrected chi connectivity index (χ0v) is 14.4. The van der Waals surface area contributed by atoms with Gasteiger partial charge >= 0.3 is 0 Å². The second-order valence-corrected chi connectivity index (χ2v) is 5.88. The number of thioether (sulfide) groups is 1. The van der Waals surface area contributed by atoms with E-state index in [0.29, 0.717) is 22.7 Å². The van der Waals surface area contributed by atoms with E-state index in [0.717, 1.165) is 0 Å². The third kappa shape index (κ3) is 5.03. The number of para-hydroxylation sites is 2. The third-order valence-corrected chi connectivity index (χ3v) is 4.19. The highest BCUT2D eigenvalue weighted by Gasteiger charge is 2.10. The molecule has 0 aliphatic heterocycles. The summed E-state index contributed by atoms with van der Waals surface area (Å²) in [5.74, 6) is 1.55. The molecule has 2 aromatic rings. The summed E-state index contributed by atoms with van der Waals surface area (Å²) in [6, 6.07) is 14.1. The van der Waals surface area contributed by atoms with Gasteiger partial charge in [0.15, 0.2) is 5.78 Å². The Kier molecular flexibility index (Phi) is 6.69. The monoisotopic (exact) mass is 345 g/mol. The number of rotatable bonds is 8. The summed E-state index contributed by atoms with van der Waals surface area (Å²) in [6.07, 6.45) is 0. The van der Waals surface area contributed by atoms with Crippen molar-refractivity contribution in [3.63, 3.8) is 0 Å². The second kappa shape index (κ2) is 8.98. The molecule has 2 aromatic carbocycles. The molecule has 0 unspecified atom stereocenters. The summed E-state index contributed by atoms with van der Waals surface area (Å²) in [6.45, 7) is 0. The van der Waals surface area contributed by atoms with Gasteiger partial charge < -0.3 is 14.8 Å². The molecular weight excluding hydrogens is 326 g/mol. The van der Waals surface area contributed by atoms with Crippen molar-refractivity contribution in [2.24, 2.45) is 0 Å². The van der Waals surface area contributed by atoms with Crippen LogP contribution in [0.2, 0.25) is 0 Å². The fourth-order valence-corrected chi connectivity index (χ4v) is 2.74. The number of hydrogen-bond acceptors (Lipinski definition) is 5. The normalized spacial score (nSPS) is 10.1. The summed E-state index contributed by atoms with van der Waals surface area (Å²) < 4.78 is 10.2. The van der Waals surface area contributed by atoms with Gasteiger partial charge in [0.05, 0.1) is 31.4 Å². The highest BCUT2D eigenvalue weighted by atomic mass is 32.2. The molecule has 2 rings (SSSR count). The van der Waals surface area contributed by atoms with Gasteiger partial charge in [-0.25, -0.2) is 0 Å². The number of carbonyl (C=O) groups is 2. The van der Waals surface area contributed by atoms with Crippen LogP contribution in [0.1, 0.15) is 10.4 Å². The fourth-order valence-electron chi connectivity index (χ4n) is 2.03. The van der Waals surface area contributed by atoms with E-state index in [1.807, 2.05) is 12.1 Å². The number of nitrogens with one attached hydrogen (secondary N) is 1. The van der Waals surface area contributed by atoms with E-state index >= 15 is 0 Å². The molecule has 0 bridgehead atoms. The number of ether oxygens (including phenoxy) is 2. The minimum absolute atomic E-state index is 0.0206. The van der Waals surface area contributed by atoms with Crippen molar-refractivity contribution < 1.29 is 19.1 Å². The van der Waals surface area contributed by atoms with Gasteiger partial charge in [0, 0.05) is 5.56 Å². The third-order valence-electron chi connectivity index (χ3n) is 3.26. The maximum atomic E-state index is 12.1. The zero-order chi connectivity index (χ0) is 17.4. The van der Waals surface area contributed by atoms with Crippen LogP contribution >= 0.6 is 11.8 Å². The lowest BCUT2D eigenvalue weighted by Gasteiger charge is -2.09. The Morgan fingerprint density at radius 1 is 0.958 bits per heavy atom. The van der Waals surface area contributed by atoms with Crippen molar-refractivity contribution in [1.29, 1.82) is 0 Å². The van der Waals surface area contributed by atoms with Crippen LogP contribution in [0.4, 0.5) is 5.69 Å². The number of carbonyl (C=O) groups excluding carboxylic acids is 2. The minimum atomic E-state index is -0.174. The van der Waals surface area contributed by atoms with Gasteiger partial charge in [-0.15, -0.1) is 11.8 Å². The van der Waals surface area contributed by atoms with E-state index in [2.05, 4.69) is 5.32 Å². The van der Waals surface area contributed by atoms with Crippen LogP contribution in [0.5, 0.6) is 11.5 Å². The largest absolute Gasteiger partial charge is 0.497 e. The van der Waals surface area contributed by atoms with Crippen molar-refractivity contribution in [2.45, 2.75) is 0 Å². The van der Waals surface area contributed by atoms with E-state index in [9.17, 15) is 9.59 Å². The Bertz CT molecular complexity index is 700. The summed E-state index contributed by atoms with van der Waals surface area (Å²) in [7, 11) is 3.13. The quantitative estimate of drug-likeness (QED) is 0.744. The average Bonchev–Trinajstić information content (AvgIpc) is 2.62. The van der Waals surface area contributed by atoms with Crippen molar-refractivity contribution in [3.05, 3.63) is 54.1 Å². The number of methoxy groups -OCH3 is 2. The Hall–Kier alpha value is -2.47. The molecule has 1 amide bonds. The molecule has 0 saturated heterocycles. The van der Waals surface area contributed by atoms with Crippen LogP contribution in [-0.2, 0) is 4.79 Å². The van der Waals surface area contributed by atoms with E-state index in [1.165, 1.54) is 11.8 Å². The number of amides is 1. The van der Waals surface area contributed by atoms with Crippen LogP contribution in [0, 0.1) is 0 Å². The number of anilines is 1. The van der Waals surface area contributed by atoms with Crippen molar-refractivity contribution in [2.75, 3.05) is 31.0 Å². The predicted molar refractivity (Wildman–Crippen MR) is 96.3 cm³/mol. The number of Topliss-reactive ketones (excluding diaryl/α,β-unsaturated/α-hetero) is 1. The Morgan fingerprint density at radius 3 is 2.33 bits per heavy atom. The fraction of sp³-hybridized carbons (Fsp3) is 0.222. The van der Waals surface area contributed by atoms with Crippen LogP contribution in [0.15, 0.2) is 48.5 Å². The van der Waals surface area contributed by atoms with Crippen LogP contribution in [0.3, 0.4) is 0 Å². The molecule has 0 spiro atoms. The molecule has 6 heteroatoms. The van der Waals surface area contributed by atoms with E-state index < -0.39 is 0 Å². The molecule has 0 aliphatic rings. The first-order valence-corrected chi connectivity index (χ1v) is 8.47. The summed E-state index contributed by atoms with van der Waals surface area (Å²) in [5, 5.41) is 2.78. The lowest BCUT2D eigenvalue weighted by molar-refractivity contribution is -0.113. The molecule has 0 fully saturated rings. The summed E-state index contributed by atoms with van der Waals surface area (Å²) in [4.78, 5) is 24.0. The molecule has 0 aliphatic carbocycles. The van der Waals surface area contributed by atoms with E-state index in [1.54, 1.807) is 50.6 Å². The highest BCUT2D eigenvalue weighted by molar-refractivity contribution is 8.00. The number of hydrogen-bond donors (Lipinski definition) is 1. The first-order chi connectivity index (χ1) is 11.6. The SMILES string of the molecule is COc1ccc(C(=O)CSCC(=O)Nc2ccccc2OC)cc1. The zero-order valence-electron chi connectivity index (χ0n) is 13.6. The molecule has 0 radical (unpaired) electrons. The van der Waals surface area contributed by atoms with Gasteiger partial charge in [0.25, 0.3) is 0 Å². The lowest BCUT2D eigenvalue weighted by Crippen LogP contribution is -2.16. The van der Waals surface area contributed by atoms with Crippen LogP contribution in [0.25, 0.3) is 0 Å². The Morgan fingerprint density at radius 2 is 1.67 bits per heavy atom. The van der Waals surface area contributed by atoms with Gasteiger partial charge in [0.2, 0.25) is 5.91 Å². The number of benzene rings is 2. The maximum Gasteiger partial charge on any atom is 0.234 e. The maximum absolute atomic E-state index is 12.1. The smallest absolute Gasteiger partial charge is 0.234 e. The van der Waals surface area contributed by atoms with E-state index in [4.69, 9.17) is 9.47 Å². The van der Waals surface area contributed by atoms with Gasteiger partial charge in [-0.3, -0.25) is 9.59 Å². The van der Waals surface area contributed by atoms with Gasteiger partial charge in [-0.05, 0) is 36.4 Å². The van der Waals surface area contributed by atoms with Crippen LogP contribution < -0.4 is 14.8 Å². The molecular formula is C18H19NO4S. The van der Waals surface area contributed by atoms with Gasteiger partial charge in [-0.2, -0.15) is 0 Å². The standard InChI is InChI=1S/C18H19NO4S/c1-22-14-9-7-13(8-10-14)16(20)11-24-12-18(21)19-15-5-3-4-6-17(15)23-2/h3-10H,11-12H2,1-2H3,(H,19,21).